The predicted molar refractivity (Wildman–Crippen MR) is 134 cm³/mol. The van der Waals surface area contributed by atoms with Crippen molar-refractivity contribution < 1.29 is 22.7 Å². The Bertz CT molecular complexity index is 1080. The highest BCUT2D eigenvalue weighted by atomic mass is 32.2. The largest absolute Gasteiger partial charge is 0.497 e. The van der Waals surface area contributed by atoms with Crippen LogP contribution in [0.4, 0.5) is 5.69 Å². The van der Waals surface area contributed by atoms with Crippen LogP contribution in [-0.2, 0) is 26.2 Å². The van der Waals surface area contributed by atoms with Gasteiger partial charge in [0.05, 0.1) is 19.1 Å². The molecule has 2 rings (SSSR count). The van der Waals surface area contributed by atoms with Crippen LogP contribution in [0.2, 0.25) is 0 Å². The van der Waals surface area contributed by atoms with Gasteiger partial charge in [-0.15, -0.1) is 0 Å². The second-order valence-corrected chi connectivity index (χ2v) is 10.3. The van der Waals surface area contributed by atoms with Gasteiger partial charge in [0.15, 0.2) is 0 Å². The zero-order valence-corrected chi connectivity index (χ0v) is 21.6. The number of ether oxygens (including phenoxy) is 1. The van der Waals surface area contributed by atoms with Crippen LogP contribution >= 0.6 is 0 Å². The minimum absolute atomic E-state index is 0.131. The third kappa shape index (κ3) is 6.96. The summed E-state index contributed by atoms with van der Waals surface area (Å²) >= 11 is 0. The number of sulfonamides is 1. The van der Waals surface area contributed by atoms with Crippen molar-refractivity contribution >= 4 is 27.5 Å². The number of carbonyl (C=O) groups is 2. The van der Waals surface area contributed by atoms with E-state index in [1.165, 1.54) is 11.9 Å². The zero-order valence-electron chi connectivity index (χ0n) is 20.7. The Labute approximate surface area is 202 Å². The highest BCUT2D eigenvalue weighted by Crippen LogP contribution is 2.23. The molecule has 0 heterocycles. The number of hydrogen-bond acceptors (Lipinski definition) is 5. The fourth-order valence-electron chi connectivity index (χ4n) is 3.69. The second-order valence-electron chi connectivity index (χ2n) is 8.43. The van der Waals surface area contributed by atoms with Gasteiger partial charge in [0, 0.05) is 13.6 Å². The number of anilines is 1. The minimum Gasteiger partial charge on any atom is -0.497 e. The summed E-state index contributed by atoms with van der Waals surface area (Å²) in [5.41, 5.74) is 2.23. The Balaban J connectivity index is 2.42. The summed E-state index contributed by atoms with van der Waals surface area (Å²) in [6.07, 6.45) is 1.44. The molecule has 0 unspecified atom stereocenters. The van der Waals surface area contributed by atoms with Crippen LogP contribution < -0.4 is 14.4 Å². The van der Waals surface area contributed by atoms with Crippen LogP contribution in [0.1, 0.15) is 44.2 Å². The van der Waals surface area contributed by atoms with Crippen LogP contribution in [-0.4, -0.2) is 58.1 Å². The lowest BCUT2D eigenvalue weighted by molar-refractivity contribution is -0.140. The molecule has 0 aliphatic heterocycles. The fraction of sp³-hybridized carbons (Fsp3) is 0.440. The van der Waals surface area contributed by atoms with E-state index in [0.717, 1.165) is 21.7 Å². The van der Waals surface area contributed by atoms with Crippen molar-refractivity contribution in [3.63, 3.8) is 0 Å². The van der Waals surface area contributed by atoms with E-state index in [9.17, 15) is 18.0 Å². The summed E-state index contributed by atoms with van der Waals surface area (Å²) in [6.45, 7) is 5.62. The maximum atomic E-state index is 13.5. The van der Waals surface area contributed by atoms with E-state index in [-0.39, 0.29) is 12.5 Å². The second kappa shape index (κ2) is 11.9. The average Bonchev–Trinajstić information content (AvgIpc) is 2.81. The number of hydrogen-bond donors (Lipinski definition) is 1. The lowest BCUT2D eigenvalue weighted by atomic mass is 10.0. The van der Waals surface area contributed by atoms with E-state index in [1.807, 2.05) is 39.0 Å². The number of methoxy groups -OCH3 is 1. The summed E-state index contributed by atoms with van der Waals surface area (Å²) in [4.78, 5) is 27.6. The summed E-state index contributed by atoms with van der Waals surface area (Å²) in [7, 11) is -0.692. The molecule has 0 bridgehead atoms. The van der Waals surface area contributed by atoms with Crippen molar-refractivity contribution in [3.8, 4) is 5.75 Å². The molecule has 0 saturated heterocycles. The number of likely N-dealkylation sites (N-methyl/N-ethyl adjacent to an activating group) is 1. The number of carbonyl (C=O) groups excluding carboxylic acids is 2. The first-order valence-electron chi connectivity index (χ1n) is 11.2. The molecule has 0 fully saturated rings. The summed E-state index contributed by atoms with van der Waals surface area (Å²) < 4.78 is 31.6. The van der Waals surface area contributed by atoms with Gasteiger partial charge in [0.2, 0.25) is 21.8 Å². The van der Waals surface area contributed by atoms with Gasteiger partial charge in [0.25, 0.3) is 0 Å². The topological polar surface area (TPSA) is 96.0 Å². The Kier molecular flexibility index (Phi) is 9.49. The Morgan fingerprint density at radius 2 is 1.74 bits per heavy atom. The number of amides is 2. The van der Waals surface area contributed by atoms with Gasteiger partial charge in [-0.2, -0.15) is 0 Å². The monoisotopic (exact) mass is 489 g/mol. The normalized spacial score (nSPS) is 12.2. The zero-order chi connectivity index (χ0) is 25.5. The number of nitrogens with one attached hydrogen (secondary N) is 1. The molecule has 2 amide bonds. The van der Waals surface area contributed by atoms with Gasteiger partial charge in [-0.05, 0) is 47.7 Å². The molecule has 34 heavy (non-hydrogen) atoms. The number of rotatable bonds is 11. The molecule has 1 atom stereocenters. The van der Waals surface area contributed by atoms with Gasteiger partial charge in [-0.3, -0.25) is 13.9 Å². The molecule has 2 aromatic carbocycles. The van der Waals surface area contributed by atoms with Crippen molar-refractivity contribution in [2.24, 2.45) is 0 Å². The first kappa shape index (κ1) is 27.2. The van der Waals surface area contributed by atoms with Gasteiger partial charge < -0.3 is 15.0 Å². The number of benzene rings is 2. The standard InChI is InChI=1S/C25H35N3O5S/c1-7-23(25(30)26-4)27(16-19-9-8-10-22(15-19)33-5)24(29)17-28(34(6,31)32)21-13-11-20(12-14-21)18(2)3/h8-15,18,23H,7,16-17H2,1-6H3,(H,26,30)/t23-/m0/s1. The number of nitrogens with zero attached hydrogens (tertiary/aromatic N) is 2. The van der Waals surface area contributed by atoms with Crippen molar-refractivity contribution in [1.82, 2.24) is 10.2 Å². The van der Waals surface area contributed by atoms with Crippen molar-refractivity contribution in [3.05, 3.63) is 59.7 Å². The maximum absolute atomic E-state index is 13.5. The van der Waals surface area contributed by atoms with Crippen LogP contribution in [0.5, 0.6) is 5.75 Å². The minimum atomic E-state index is -3.76. The maximum Gasteiger partial charge on any atom is 0.244 e. The Morgan fingerprint density at radius 3 is 2.24 bits per heavy atom. The van der Waals surface area contributed by atoms with E-state index in [4.69, 9.17) is 4.74 Å². The smallest absolute Gasteiger partial charge is 0.244 e. The van der Waals surface area contributed by atoms with E-state index in [1.54, 1.807) is 37.4 Å². The van der Waals surface area contributed by atoms with Crippen LogP contribution in [0, 0.1) is 0 Å². The SMILES string of the molecule is CC[C@@H](C(=O)NC)N(Cc1cccc(OC)c1)C(=O)CN(c1ccc(C(C)C)cc1)S(C)(=O)=O. The molecule has 0 radical (unpaired) electrons. The fourth-order valence-corrected chi connectivity index (χ4v) is 4.54. The van der Waals surface area contributed by atoms with Gasteiger partial charge in [-0.1, -0.05) is 45.0 Å². The van der Waals surface area contributed by atoms with E-state index < -0.39 is 28.5 Å². The quantitative estimate of drug-likeness (QED) is 0.523. The molecule has 0 aliphatic rings. The molecule has 2 aromatic rings. The molecule has 186 valence electrons. The van der Waals surface area contributed by atoms with Crippen LogP contribution in [0.15, 0.2) is 48.5 Å². The Morgan fingerprint density at radius 1 is 1.09 bits per heavy atom. The van der Waals surface area contributed by atoms with Gasteiger partial charge >= 0.3 is 0 Å². The van der Waals surface area contributed by atoms with Crippen LogP contribution in [0.25, 0.3) is 0 Å². The molecule has 9 heteroatoms. The molecule has 0 aromatic heterocycles. The molecular formula is C25H35N3O5S. The molecule has 0 spiro atoms. The first-order chi connectivity index (χ1) is 16.0. The molecule has 1 N–H and O–H groups in total. The first-order valence-corrected chi connectivity index (χ1v) is 13.1. The van der Waals surface area contributed by atoms with E-state index in [2.05, 4.69) is 5.32 Å². The lowest BCUT2D eigenvalue weighted by Gasteiger charge is -2.32. The van der Waals surface area contributed by atoms with Crippen molar-refractivity contribution in [1.29, 1.82) is 0 Å². The predicted octanol–water partition coefficient (Wildman–Crippen LogP) is 3.14. The average molecular weight is 490 g/mol. The molecule has 0 aliphatic carbocycles. The van der Waals surface area contributed by atoms with Crippen molar-refractivity contribution in [2.45, 2.75) is 45.7 Å². The van der Waals surface area contributed by atoms with E-state index >= 15 is 0 Å². The summed E-state index contributed by atoms with van der Waals surface area (Å²) in [5.74, 6) is 0.127. The summed E-state index contributed by atoms with van der Waals surface area (Å²) in [6, 6.07) is 13.6. The van der Waals surface area contributed by atoms with Gasteiger partial charge in [-0.25, -0.2) is 8.42 Å². The molecule has 8 nitrogen and oxygen atoms in total. The Hall–Kier alpha value is -3.07. The van der Waals surface area contributed by atoms with Crippen molar-refractivity contribution in [2.75, 3.05) is 31.3 Å². The lowest BCUT2D eigenvalue weighted by Crippen LogP contribution is -2.51. The van der Waals surface area contributed by atoms with E-state index in [0.29, 0.717) is 23.8 Å². The summed E-state index contributed by atoms with van der Waals surface area (Å²) in [5, 5.41) is 2.60. The third-order valence-electron chi connectivity index (χ3n) is 5.65. The molecule has 0 saturated carbocycles. The third-order valence-corrected chi connectivity index (χ3v) is 6.79. The van der Waals surface area contributed by atoms with Crippen LogP contribution in [0.3, 0.4) is 0 Å². The highest BCUT2D eigenvalue weighted by Gasteiger charge is 2.31. The highest BCUT2D eigenvalue weighted by molar-refractivity contribution is 7.92. The van der Waals surface area contributed by atoms with Gasteiger partial charge in [0.1, 0.15) is 18.3 Å². The molecular weight excluding hydrogens is 454 g/mol.